The van der Waals surface area contributed by atoms with Crippen LogP contribution >= 0.6 is 35.0 Å². The Morgan fingerprint density at radius 3 is 2.52 bits per heavy atom. The van der Waals surface area contributed by atoms with Gasteiger partial charge < -0.3 is 15.5 Å². The number of halogens is 2. The summed E-state index contributed by atoms with van der Waals surface area (Å²) < 4.78 is 5.87. The third-order valence-electron chi connectivity index (χ3n) is 4.06. The summed E-state index contributed by atoms with van der Waals surface area (Å²) in [5.41, 5.74) is 8.79. The van der Waals surface area contributed by atoms with Gasteiger partial charge in [0.05, 0.1) is 21.4 Å². The van der Waals surface area contributed by atoms with Crippen LogP contribution in [0.1, 0.15) is 16.9 Å². The molecule has 1 amide bonds. The molecule has 8 heteroatoms. The smallest absolute Gasteiger partial charge is 0.291 e. The highest BCUT2D eigenvalue weighted by molar-refractivity contribution is 8.27. The number of hydrogen-bond donors (Lipinski definition) is 2. The molecule has 27 heavy (non-hydrogen) atoms. The summed E-state index contributed by atoms with van der Waals surface area (Å²) >= 11 is 12.8. The summed E-state index contributed by atoms with van der Waals surface area (Å²) in [6.07, 6.45) is 2.15. The van der Waals surface area contributed by atoms with Gasteiger partial charge in [0.15, 0.2) is 0 Å². The van der Waals surface area contributed by atoms with Gasteiger partial charge in [-0.05, 0) is 47.5 Å². The van der Waals surface area contributed by atoms with Gasteiger partial charge >= 0.3 is 0 Å². The van der Waals surface area contributed by atoms with E-state index in [0.717, 1.165) is 27.9 Å². The number of amides is 1. The van der Waals surface area contributed by atoms with Crippen LogP contribution in [0.4, 0.5) is 10.5 Å². The van der Waals surface area contributed by atoms with E-state index < -0.39 is 0 Å². The van der Waals surface area contributed by atoms with Gasteiger partial charge in [0.2, 0.25) is 5.12 Å². The van der Waals surface area contributed by atoms with Gasteiger partial charge in [-0.25, -0.2) is 0 Å². The van der Waals surface area contributed by atoms with E-state index in [1.807, 2.05) is 24.3 Å². The third-order valence-corrected chi connectivity index (χ3v) is 5.38. The second-order valence-electron chi connectivity index (χ2n) is 6.02. The molecule has 1 saturated heterocycles. The van der Waals surface area contributed by atoms with E-state index in [-0.39, 0.29) is 16.1 Å². The molecule has 0 radical (unpaired) electrons. The number of hydrogen-bond acceptors (Lipinski definition) is 5. The SMILES string of the molecule is Nc1c(Cl)cc(Cc2cc3cc(C=C4NC(=O)SC4=O)ccc3o2)cc1Cl. The Bertz CT molecular complexity index is 1110. The Morgan fingerprint density at radius 1 is 1.11 bits per heavy atom. The molecule has 5 nitrogen and oxygen atoms in total. The molecular weight excluding hydrogens is 407 g/mol. The molecule has 1 aliphatic rings. The van der Waals surface area contributed by atoms with Crippen LogP contribution < -0.4 is 11.1 Å². The van der Waals surface area contributed by atoms with E-state index in [4.69, 9.17) is 33.4 Å². The zero-order chi connectivity index (χ0) is 19.1. The number of thioether (sulfide) groups is 1. The summed E-state index contributed by atoms with van der Waals surface area (Å²) in [5, 5.41) is 3.58. The fourth-order valence-corrected chi connectivity index (χ4v) is 3.90. The van der Waals surface area contributed by atoms with Gasteiger partial charge in [0.25, 0.3) is 5.24 Å². The largest absolute Gasteiger partial charge is 0.461 e. The van der Waals surface area contributed by atoms with Crippen LogP contribution in [0.2, 0.25) is 10.0 Å². The van der Waals surface area contributed by atoms with Crippen LogP contribution in [0.25, 0.3) is 17.0 Å². The number of carbonyl (C=O) groups is 2. The maximum Gasteiger partial charge on any atom is 0.291 e. The van der Waals surface area contributed by atoms with Crippen LogP contribution in [0, 0.1) is 0 Å². The zero-order valence-electron chi connectivity index (χ0n) is 13.7. The molecule has 3 N–H and O–H groups in total. The predicted molar refractivity (Wildman–Crippen MR) is 109 cm³/mol. The van der Waals surface area contributed by atoms with Gasteiger partial charge in [0.1, 0.15) is 11.3 Å². The maximum absolute atomic E-state index is 11.7. The number of furan rings is 1. The predicted octanol–water partition coefficient (Wildman–Crippen LogP) is 5.24. The highest BCUT2D eigenvalue weighted by atomic mass is 35.5. The molecule has 0 unspecified atom stereocenters. The van der Waals surface area contributed by atoms with E-state index in [9.17, 15) is 9.59 Å². The molecule has 1 fully saturated rings. The van der Waals surface area contributed by atoms with Crippen molar-refractivity contribution in [2.75, 3.05) is 5.73 Å². The number of nitrogens with one attached hydrogen (secondary N) is 1. The molecule has 1 aliphatic heterocycles. The quantitative estimate of drug-likeness (QED) is 0.448. The van der Waals surface area contributed by atoms with Crippen LogP contribution in [-0.4, -0.2) is 10.4 Å². The van der Waals surface area contributed by atoms with Crippen molar-refractivity contribution in [3.05, 3.63) is 69.0 Å². The topological polar surface area (TPSA) is 85.3 Å². The maximum atomic E-state index is 11.7. The summed E-state index contributed by atoms with van der Waals surface area (Å²) in [5.74, 6) is 0.743. The minimum Gasteiger partial charge on any atom is -0.461 e. The van der Waals surface area contributed by atoms with Crippen molar-refractivity contribution in [1.29, 1.82) is 0 Å². The summed E-state index contributed by atoms with van der Waals surface area (Å²) in [6.45, 7) is 0. The third kappa shape index (κ3) is 3.69. The van der Waals surface area contributed by atoms with E-state index in [2.05, 4.69) is 5.32 Å². The lowest BCUT2D eigenvalue weighted by Crippen LogP contribution is -2.10. The second kappa shape index (κ2) is 6.96. The first-order valence-electron chi connectivity index (χ1n) is 7.90. The molecule has 0 bridgehead atoms. The molecule has 1 aromatic heterocycles. The monoisotopic (exact) mass is 418 g/mol. The normalized spacial score (nSPS) is 15.7. The summed E-state index contributed by atoms with van der Waals surface area (Å²) in [4.78, 5) is 23.0. The zero-order valence-corrected chi connectivity index (χ0v) is 16.0. The number of benzene rings is 2. The molecule has 2 heterocycles. The number of anilines is 1. The summed E-state index contributed by atoms with van der Waals surface area (Å²) in [7, 11) is 0. The Balaban J connectivity index is 1.62. The highest BCUT2D eigenvalue weighted by Gasteiger charge is 2.25. The number of rotatable bonds is 3. The van der Waals surface area contributed by atoms with Crippen molar-refractivity contribution in [3.8, 4) is 0 Å². The number of nitrogen functional groups attached to an aromatic ring is 1. The van der Waals surface area contributed by atoms with Crippen LogP contribution in [-0.2, 0) is 11.2 Å². The molecular formula is C19H12Cl2N2O3S. The van der Waals surface area contributed by atoms with Crippen molar-refractivity contribution >= 4 is 68.1 Å². The number of fused-ring (bicyclic) bond motifs is 1. The van der Waals surface area contributed by atoms with Crippen molar-refractivity contribution in [3.63, 3.8) is 0 Å². The average Bonchev–Trinajstić information content (AvgIpc) is 3.14. The van der Waals surface area contributed by atoms with Crippen LogP contribution in [0.3, 0.4) is 0 Å². The van der Waals surface area contributed by atoms with Gasteiger partial charge in [-0.3, -0.25) is 9.59 Å². The average molecular weight is 419 g/mol. The minimum atomic E-state index is -0.362. The van der Waals surface area contributed by atoms with Crippen LogP contribution in [0.5, 0.6) is 0 Å². The first-order valence-corrected chi connectivity index (χ1v) is 9.47. The Labute approximate surface area is 168 Å². The second-order valence-corrected chi connectivity index (χ2v) is 7.78. The molecule has 0 saturated carbocycles. The minimum absolute atomic E-state index is 0.277. The lowest BCUT2D eigenvalue weighted by molar-refractivity contribution is -0.107. The molecule has 0 atom stereocenters. The van der Waals surface area contributed by atoms with E-state index in [1.165, 1.54) is 0 Å². The van der Waals surface area contributed by atoms with Crippen molar-refractivity contribution in [2.45, 2.75) is 6.42 Å². The molecule has 4 rings (SSSR count). The Hall–Kier alpha value is -2.41. The number of nitrogens with two attached hydrogens (primary N) is 1. The molecule has 2 aromatic carbocycles. The molecule has 136 valence electrons. The molecule has 0 aliphatic carbocycles. The van der Waals surface area contributed by atoms with Gasteiger partial charge in [-0.2, -0.15) is 0 Å². The van der Waals surface area contributed by atoms with Crippen LogP contribution in [0.15, 0.2) is 46.5 Å². The van der Waals surface area contributed by atoms with Gasteiger partial charge in [-0.15, -0.1) is 0 Å². The summed E-state index contributed by atoms with van der Waals surface area (Å²) in [6, 6.07) is 11.0. The fourth-order valence-electron chi connectivity index (χ4n) is 2.82. The van der Waals surface area contributed by atoms with Gasteiger partial charge in [-0.1, -0.05) is 29.3 Å². The van der Waals surface area contributed by atoms with E-state index in [0.29, 0.717) is 33.9 Å². The number of carbonyl (C=O) groups excluding carboxylic acids is 2. The van der Waals surface area contributed by atoms with E-state index >= 15 is 0 Å². The van der Waals surface area contributed by atoms with Crippen molar-refractivity contribution in [1.82, 2.24) is 5.32 Å². The van der Waals surface area contributed by atoms with Crippen molar-refractivity contribution < 1.29 is 14.0 Å². The standard InChI is InChI=1S/C19H12Cl2N2O3S/c20-13-5-10(6-14(21)17(13)22)4-12-8-11-3-9(1-2-16(11)26-12)7-15-18(24)27-19(25)23-15/h1-3,5-8H,4,22H2,(H,23,25). The highest BCUT2D eigenvalue weighted by Crippen LogP contribution is 2.31. The van der Waals surface area contributed by atoms with E-state index in [1.54, 1.807) is 18.2 Å². The lowest BCUT2D eigenvalue weighted by atomic mass is 10.1. The fraction of sp³-hybridized carbons (Fsp3) is 0.0526. The molecule has 3 aromatic rings. The Morgan fingerprint density at radius 2 is 1.85 bits per heavy atom. The first-order chi connectivity index (χ1) is 12.9. The Kier molecular flexibility index (Phi) is 4.63. The first kappa shape index (κ1) is 18.0. The lowest BCUT2D eigenvalue weighted by Gasteiger charge is -2.04. The van der Waals surface area contributed by atoms with Gasteiger partial charge in [0, 0.05) is 23.6 Å². The van der Waals surface area contributed by atoms with Crippen molar-refractivity contribution in [2.24, 2.45) is 0 Å². The molecule has 0 spiro atoms.